The van der Waals surface area contributed by atoms with E-state index < -0.39 is 0 Å². The fraction of sp³-hybridized carbons (Fsp3) is 0.423. The molecule has 2 aromatic carbocycles. The van der Waals surface area contributed by atoms with Crippen molar-refractivity contribution in [2.75, 3.05) is 24.5 Å². The van der Waals surface area contributed by atoms with Crippen molar-refractivity contribution in [3.05, 3.63) is 64.8 Å². The minimum absolute atomic E-state index is 0.227. The summed E-state index contributed by atoms with van der Waals surface area (Å²) in [5.74, 6) is 0. The highest BCUT2D eigenvalue weighted by molar-refractivity contribution is 6.31. The molecule has 2 aliphatic rings. The number of nitrogens with zero attached hydrogens (tertiary/aromatic N) is 3. The van der Waals surface area contributed by atoms with E-state index in [1.807, 2.05) is 36.4 Å². The predicted octanol–water partition coefficient (Wildman–Crippen LogP) is 6.18. The number of carbonyl (C=O) groups is 1. The van der Waals surface area contributed by atoms with Crippen LogP contribution in [-0.4, -0.2) is 40.8 Å². The number of ether oxygens (including phenoxy) is 1. The fourth-order valence-electron chi connectivity index (χ4n) is 5.21. The van der Waals surface area contributed by atoms with Crippen LogP contribution >= 0.6 is 11.6 Å². The molecule has 1 amide bonds. The van der Waals surface area contributed by atoms with Crippen LogP contribution in [-0.2, 0) is 11.3 Å². The zero-order chi connectivity index (χ0) is 22.5. The first kappa shape index (κ1) is 21.4. The number of amides is 1. The van der Waals surface area contributed by atoms with Crippen molar-refractivity contribution in [2.45, 2.75) is 51.8 Å². The van der Waals surface area contributed by atoms with E-state index in [9.17, 15) is 4.79 Å². The van der Waals surface area contributed by atoms with Gasteiger partial charge in [0.25, 0.3) is 0 Å². The molecule has 0 saturated carbocycles. The summed E-state index contributed by atoms with van der Waals surface area (Å²) in [7, 11) is 0. The van der Waals surface area contributed by atoms with Crippen molar-refractivity contribution in [3.63, 3.8) is 0 Å². The van der Waals surface area contributed by atoms with Gasteiger partial charge < -0.3 is 9.30 Å². The van der Waals surface area contributed by atoms with Crippen LogP contribution in [0.4, 0.5) is 10.5 Å². The van der Waals surface area contributed by atoms with Gasteiger partial charge in [-0.1, -0.05) is 29.8 Å². The summed E-state index contributed by atoms with van der Waals surface area (Å²) in [6, 6.07) is 14.3. The van der Waals surface area contributed by atoms with Gasteiger partial charge in [0.05, 0.1) is 12.1 Å². The molecule has 0 bridgehead atoms. The molecule has 168 valence electrons. The number of likely N-dealkylation sites (tertiary alicyclic amines) is 1. The van der Waals surface area contributed by atoms with E-state index in [4.69, 9.17) is 16.3 Å². The Balaban J connectivity index is 1.32. The van der Waals surface area contributed by atoms with Crippen molar-refractivity contribution in [3.8, 4) is 0 Å². The zero-order valence-electron chi connectivity index (χ0n) is 19.0. The Hall–Kier alpha value is -2.50. The van der Waals surface area contributed by atoms with Crippen LogP contribution in [0, 0.1) is 6.92 Å². The third-order valence-electron chi connectivity index (χ3n) is 6.92. The largest absolute Gasteiger partial charge is 0.441 e. The zero-order valence-corrected chi connectivity index (χ0v) is 19.7. The second-order valence-electron chi connectivity index (χ2n) is 9.52. The number of hydrogen-bond donors (Lipinski definition) is 0. The number of para-hydroxylation sites is 1. The van der Waals surface area contributed by atoms with E-state index in [0.717, 1.165) is 43.2 Å². The van der Waals surface area contributed by atoms with E-state index in [0.29, 0.717) is 12.6 Å². The van der Waals surface area contributed by atoms with Gasteiger partial charge in [-0.25, -0.2) is 4.79 Å². The number of aryl methyl sites for hydroxylation is 1. The Kier molecular flexibility index (Phi) is 5.42. The molecular formula is C26H30ClN3O2. The minimum atomic E-state index is -0.380. The van der Waals surface area contributed by atoms with Crippen LogP contribution in [0.25, 0.3) is 10.9 Å². The Morgan fingerprint density at radius 1 is 1.12 bits per heavy atom. The number of halogens is 1. The normalized spacial score (nSPS) is 18.8. The Morgan fingerprint density at radius 3 is 2.53 bits per heavy atom. The lowest BCUT2D eigenvalue weighted by Crippen LogP contribution is -2.46. The highest BCUT2D eigenvalue weighted by Gasteiger charge is 2.47. The monoisotopic (exact) mass is 451 g/mol. The van der Waals surface area contributed by atoms with Crippen LogP contribution in [0.3, 0.4) is 0 Å². The number of carbonyl (C=O) groups excluding carboxylic acids is 1. The quantitative estimate of drug-likeness (QED) is 0.475. The molecular weight excluding hydrogens is 422 g/mol. The van der Waals surface area contributed by atoms with Gasteiger partial charge in [0.15, 0.2) is 0 Å². The van der Waals surface area contributed by atoms with Crippen LogP contribution in [0.2, 0.25) is 5.02 Å². The Bertz CT molecular complexity index is 1150. The van der Waals surface area contributed by atoms with Crippen molar-refractivity contribution in [2.24, 2.45) is 0 Å². The minimum Gasteiger partial charge on any atom is -0.441 e. The maximum atomic E-state index is 12.6. The summed E-state index contributed by atoms with van der Waals surface area (Å²) in [5.41, 5.74) is 4.32. The smallest absolute Gasteiger partial charge is 0.415 e. The van der Waals surface area contributed by atoms with Gasteiger partial charge in [-0.05, 0) is 56.2 Å². The number of piperidine rings is 1. The molecule has 0 N–H and O–H groups in total. The fourth-order valence-corrected chi connectivity index (χ4v) is 5.48. The summed E-state index contributed by atoms with van der Waals surface area (Å²) in [4.78, 5) is 16.8. The molecule has 3 heterocycles. The van der Waals surface area contributed by atoms with Gasteiger partial charge in [0, 0.05) is 60.8 Å². The van der Waals surface area contributed by atoms with Crippen molar-refractivity contribution in [1.29, 1.82) is 0 Å². The number of rotatable bonds is 4. The molecule has 1 spiro atoms. The predicted molar refractivity (Wildman–Crippen MR) is 130 cm³/mol. The van der Waals surface area contributed by atoms with Crippen molar-refractivity contribution < 1.29 is 9.53 Å². The van der Waals surface area contributed by atoms with Gasteiger partial charge in [-0.2, -0.15) is 0 Å². The van der Waals surface area contributed by atoms with Crippen molar-refractivity contribution >= 4 is 34.3 Å². The average Bonchev–Trinajstić information content (AvgIpc) is 3.29. The number of benzene rings is 2. The molecule has 2 aliphatic heterocycles. The second-order valence-corrected chi connectivity index (χ2v) is 9.96. The maximum Gasteiger partial charge on any atom is 0.415 e. The van der Waals surface area contributed by atoms with Gasteiger partial charge in [-0.15, -0.1) is 0 Å². The van der Waals surface area contributed by atoms with Crippen LogP contribution in [0.5, 0.6) is 0 Å². The number of anilines is 1. The van der Waals surface area contributed by atoms with Gasteiger partial charge in [0.2, 0.25) is 0 Å². The van der Waals surface area contributed by atoms with Crippen molar-refractivity contribution in [1.82, 2.24) is 9.47 Å². The number of hydrogen-bond acceptors (Lipinski definition) is 3. The van der Waals surface area contributed by atoms with E-state index >= 15 is 0 Å². The summed E-state index contributed by atoms with van der Waals surface area (Å²) in [6.45, 7) is 9.89. The van der Waals surface area contributed by atoms with E-state index in [1.54, 1.807) is 4.90 Å². The highest BCUT2D eigenvalue weighted by Crippen LogP contribution is 2.37. The molecule has 5 rings (SSSR count). The lowest BCUT2D eigenvalue weighted by molar-refractivity contribution is -0.000889. The molecule has 0 radical (unpaired) electrons. The first-order chi connectivity index (χ1) is 15.3. The van der Waals surface area contributed by atoms with E-state index in [2.05, 4.69) is 42.5 Å². The van der Waals surface area contributed by atoms with Gasteiger partial charge in [-0.3, -0.25) is 9.80 Å². The average molecular weight is 452 g/mol. The molecule has 32 heavy (non-hydrogen) atoms. The molecule has 0 aliphatic carbocycles. The van der Waals surface area contributed by atoms with Crippen LogP contribution < -0.4 is 4.90 Å². The van der Waals surface area contributed by atoms with E-state index in [-0.39, 0.29) is 11.7 Å². The first-order valence-electron chi connectivity index (χ1n) is 11.4. The van der Waals surface area contributed by atoms with Gasteiger partial charge >= 0.3 is 6.09 Å². The molecule has 1 aromatic heterocycles. The second kappa shape index (κ2) is 8.13. The third kappa shape index (κ3) is 3.78. The number of aromatic nitrogens is 1. The third-order valence-corrected chi connectivity index (χ3v) is 7.14. The molecule has 3 aromatic rings. The topological polar surface area (TPSA) is 37.7 Å². The molecule has 6 heteroatoms. The van der Waals surface area contributed by atoms with E-state index in [1.165, 1.54) is 22.0 Å². The molecule has 2 saturated heterocycles. The molecule has 5 nitrogen and oxygen atoms in total. The number of fused-ring (bicyclic) bond motifs is 1. The SMILES string of the molecule is Cc1cc(Cl)cc2c(CN3CCC4(CC3)CN(c3ccccc3)C(=O)O4)cn(C(C)C)c12. The summed E-state index contributed by atoms with van der Waals surface area (Å²) < 4.78 is 8.29. The first-order valence-corrected chi connectivity index (χ1v) is 11.8. The summed E-state index contributed by atoms with van der Waals surface area (Å²) in [5, 5.41) is 2.03. The maximum absolute atomic E-state index is 12.6. The highest BCUT2D eigenvalue weighted by atomic mass is 35.5. The lowest BCUT2D eigenvalue weighted by atomic mass is 9.91. The Morgan fingerprint density at radius 2 is 1.84 bits per heavy atom. The molecule has 0 atom stereocenters. The summed E-state index contributed by atoms with van der Waals surface area (Å²) >= 11 is 6.41. The lowest BCUT2D eigenvalue weighted by Gasteiger charge is -2.37. The van der Waals surface area contributed by atoms with Crippen LogP contribution in [0.15, 0.2) is 48.7 Å². The molecule has 0 unspecified atom stereocenters. The van der Waals surface area contributed by atoms with Crippen LogP contribution in [0.1, 0.15) is 43.9 Å². The van der Waals surface area contributed by atoms with Gasteiger partial charge in [0.1, 0.15) is 5.60 Å². The Labute approximate surface area is 194 Å². The standard InChI is InChI=1S/C26H30ClN3O2/c1-18(2)29-16-20(23-14-21(27)13-19(3)24(23)29)15-28-11-9-26(10-12-28)17-30(25(31)32-26)22-7-5-4-6-8-22/h4-8,13-14,16,18H,9-12,15,17H2,1-3H3. The summed E-state index contributed by atoms with van der Waals surface area (Å²) in [6.07, 6.45) is 3.76. The molecule has 2 fully saturated rings.